The molecule has 2 rings (SSSR count). The van der Waals surface area contributed by atoms with E-state index in [9.17, 15) is 0 Å². The van der Waals surface area contributed by atoms with Crippen molar-refractivity contribution in [2.24, 2.45) is 0 Å². The van der Waals surface area contributed by atoms with Gasteiger partial charge in [0.05, 0.1) is 6.61 Å². The van der Waals surface area contributed by atoms with E-state index in [1.54, 1.807) is 0 Å². The maximum absolute atomic E-state index is 9.09. The van der Waals surface area contributed by atoms with Crippen LogP contribution in [-0.2, 0) is 19.4 Å². The van der Waals surface area contributed by atoms with E-state index < -0.39 is 0 Å². The van der Waals surface area contributed by atoms with Gasteiger partial charge in [0, 0.05) is 0 Å². The summed E-state index contributed by atoms with van der Waals surface area (Å²) in [6, 6.07) is 6.27. The highest BCUT2D eigenvalue weighted by Gasteiger charge is 2.11. The molecule has 1 aliphatic rings. The predicted molar refractivity (Wildman–Crippen MR) is 49.0 cm³/mol. The zero-order chi connectivity index (χ0) is 8.39. The fourth-order valence-electron chi connectivity index (χ4n) is 2.01. The molecular weight excluding hydrogens is 148 g/mol. The molecular formula is C11H14O. The maximum Gasteiger partial charge on any atom is 0.0684 e. The van der Waals surface area contributed by atoms with E-state index in [-0.39, 0.29) is 6.61 Å². The van der Waals surface area contributed by atoms with Crippen molar-refractivity contribution in [3.8, 4) is 0 Å². The van der Waals surface area contributed by atoms with Crippen molar-refractivity contribution in [1.82, 2.24) is 0 Å². The Balaban J connectivity index is 2.44. The summed E-state index contributed by atoms with van der Waals surface area (Å²) in [5, 5.41) is 9.09. The lowest BCUT2D eigenvalue weighted by Crippen LogP contribution is -2.05. The molecule has 1 heteroatoms. The summed E-state index contributed by atoms with van der Waals surface area (Å²) in [4.78, 5) is 0. The number of aliphatic hydroxyl groups excluding tert-OH is 1. The number of hydrogen-bond acceptors (Lipinski definition) is 1. The zero-order valence-corrected chi connectivity index (χ0v) is 7.21. The fourth-order valence-corrected chi connectivity index (χ4v) is 2.01. The number of hydrogen-bond donors (Lipinski definition) is 1. The highest BCUT2D eigenvalue weighted by molar-refractivity contribution is 5.36. The van der Waals surface area contributed by atoms with Crippen molar-refractivity contribution >= 4 is 0 Å². The molecule has 1 nitrogen and oxygen atoms in total. The third-order valence-electron chi connectivity index (χ3n) is 2.66. The highest BCUT2D eigenvalue weighted by Crippen LogP contribution is 2.24. The van der Waals surface area contributed by atoms with E-state index in [1.165, 1.54) is 30.4 Å². The van der Waals surface area contributed by atoms with Crippen molar-refractivity contribution < 1.29 is 5.11 Å². The molecule has 0 saturated carbocycles. The molecule has 0 amide bonds. The Morgan fingerprint density at radius 3 is 2.83 bits per heavy atom. The van der Waals surface area contributed by atoms with E-state index in [0.717, 1.165) is 12.0 Å². The van der Waals surface area contributed by atoms with Crippen molar-refractivity contribution in [3.63, 3.8) is 0 Å². The fraction of sp³-hybridized carbons (Fsp3) is 0.455. The molecule has 0 aliphatic heterocycles. The monoisotopic (exact) mass is 162 g/mol. The highest BCUT2D eigenvalue weighted by atomic mass is 16.3. The van der Waals surface area contributed by atoms with Crippen LogP contribution in [0, 0.1) is 0 Å². The topological polar surface area (TPSA) is 20.2 Å². The molecule has 64 valence electrons. The molecule has 0 atom stereocenters. The van der Waals surface area contributed by atoms with E-state index in [0.29, 0.717) is 0 Å². The van der Waals surface area contributed by atoms with Gasteiger partial charge in [0.25, 0.3) is 0 Å². The quantitative estimate of drug-likeness (QED) is 0.670. The Morgan fingerprint density at radius 2 is 2.00 bits per heavy atom. The second kappa shape index (κ2) is 3.28. The lowest BCUT2D eigenvalue weighted by atomic mass is 9.88. The van der Waals surface area contributed by atoms with Gasteiger partial charge in [0.2, 0.25) is 0 Å². The van der Waals surface area contributed by atoms with E-state index in [2.05, 4.69) is 12.1 Å². The van der Waals surface area contributed by atoms with Crippen LogP contribution < -0.4 is 0 Å². The van der Waals surface area contributed by atoms with Crippen LogP contribution in [0.5, 0.6) is 0 Å². The van der Waals surface area contributed by atoms with Gasteiger partial charge in [-0.05, 0) is 42.4 Å². The van der Waals surface area contributed by atoms with Crippen LogP contribution >= 0.6 is 0 Å². The van der Waals surface area contributed by atoms with E-state index in [1.807, 2.05) is 6.07 Å². The summed E-state index contributed by atoms with van der Waals surface area (Å²) in [5.74, 6) is 0. The summed E-state index contributed by atoms with van der Waals surface area (Å²) in [6.45, 7) is 0.198. The second-order valence-corrected chi connectivity index (χ2v) is 3.42. The molecule has 0 radical (unpaired) electrons. The van der Waals surface area contributed by atoms with Gasteiger partial charge in [-0.25, -0.2) is 0 Å². The average Bonchev–Trinajstić information content (AvgIpc) is 2.17. The van der Waals surface area contributed by atoms with Gasteiger partial charge < -0.3 is 5.11 Å². The minimum absolute atomic E-state index is 0.198. The SMILES string of the molecule is OCc1cccc2c1CCCC2. The van der Waals surface area contributed by atoms with Gasteiger partial charge in [0.15, 0.2) is 0 Å². The second-order valence-electron chi connectivity index (χ2n) is 3.42. The van der Waals surface area contributed by atoms with Gasteiger partial charge in [-0.1, -0.05) is 18.2 Å². The Kier molecular flexibility index (Phi) is 2.13. The normalized spacial score (nSPS) is 15.8. The minimum atomic E-state index is 0.198. The predicted octanol–water partition coefficient (Wildman–Crippen LogP) is 2.06. The summed E-state index contributed by atoms with van der Waals surface area (Å²) in [7, 11) is 0. The van der Waals surface area contributed by atoms with Crippen molar-refractivity contribution in [2.45, 2.75) is 32.3 Å². The molecule has 1 aliphatic carbocycles. The van der Waals surface area contributed by atoms with Crippen molar-refractivity contribution in [1.29, 1.82) is 0 Å². The molecule has 0 unspecified atom stereocenters. The lowest BCUT2D eigenvalue weighted by Gasteiger charge is -2.17. The first-order valence-electron chi connectivity index (χ1n) is 4.62. The Labute approximate surface area is 73.0 Å². The third kappa shape index (κ3) is 1.25. The Hall–Kier alpha value is -0.820. The molecule has 1 aromatic carbocycles. The lowest BCUT2D eigenvalue weighted by molar-refractivity contribution is 0.280. The van der Waals surface area contributed by atoms with Crippen LogP contribution in [0.25, 0.3) is 0 Å². The molecule has 1 N–H and O–H groups in total. The molecule has 0 spiro atoms. The van der Waals surface area contributed by atoms with Crippen molar-refractivity contribution in [3.05, 3.63) is 34.9 Å². The first-order chi connectivity index (χ1) is 5.92. The summed E-state index contributed by atoms with van der Waals surface area (Å²) < 4.78 is 0. The molecule has 0 aromatic heterocycles. The first-order valence-corrected chi connectivity index (χ1v) is 4.62. The molecule has 1 aromatic rings. The Morgan fingerprint density at radius 1 is 1.17 bits per heavy atom. The number of aliphatic hydroxyl groups is 1. The van der Waals surface area contributed by atoms with E-state index in [4.69, 9.17) is 5.11 Å². The molecule has 0 heterocycles. The van der Waals surface area contributed by atoms with Crippen LogP contribution in [0.15, 0.2) is 18.2 Å². The van der Waals surface area contributed by atoms with Gasteiger partial charge >= 0.3 is 0 Å². The van der Waals surface area contributed by atoms with Gasteiger partial charge in [0.1, 0.15) is 0 Å². The molecule has 0 fully saturated rings. The van der Waals surface area contributed by atoms with Crippen LogP contribution in [0.4, 0.5) is 0 Å². The number of aryl methyl sites for hydroxylation is 1. The summed E-state index contributed by atoms with van der Waals surface area (Å²) in [6.07, 6.45) is 4.95. The number of fused-ring (bicyclic) bond motifs is 1. The van der Waals surface area contributed by atoms with Crippen LogP contribution in [0.1, 0.15) is 29.5 Å². The number of benzene rings is 1. The largest absolute Gasteiger partial charge is 0.392 e. The maximum atomic E-state index is 9.09. The Bertz CT molecular complexity index is 264. The first kappa shape index (κ1) is 7.81. The zero-order valence-electron chi connectivity index (χ0n) is 7.21. The van der Waals surface area contributed by atoms with Crippen LogP contribution in [-0.4, -0.2) is 5.11 Å². The van der Waals surface area contributed by atoms with Crippen LogP contribution in [0.2, 0.25) is 0 Å². The van der Waals surface area contributed by atoms with Crippen LogP contribution in [0.3, 0.4) is 0 Å². The standard InChI is InChI=1S/C11H14O/c12-8-10-6-3-5-9-4-1-2-7-11(9)10/h3,5-6,12H,1-2,4,7-8H2. The molecule has 0 bridgehead atoms. The summed E-state index contributed by atoms with van der Waals surface area (Å²) in [5.41, 5.74) is 3.99. The third-order valence-corrected chi connectivity index (χ3v) is 2.66. The summed E-state index contributed by atoms with van der Waals surface area (Å²) >= 11 is 0. The average molecular weight is 162 g/mol. The van der Waals surface area contributed by atoms with E-state index >= 15 is 0 Å². The van der Waals surface area contributed by atoms with Crippen molar-refractivity contribution in [2.75, 3.05) is 0 Å². The number of rotatable bonds is 1. The smallest absolute Gasteiger partial charge is 0.0684 e. The molecule has 12 heavy (non-hydrogen) atoms. The van der Waals surface area contributed by atoms with Gasteiger partial charge in [-0.15, -0.1) is 0 Å². The minimum Gasteiger partial charge on any atom is -0.392 e. The molecule has 0 saturated heterocycles. The van der Waals surface area contributed by atoms with Gasteiger partial charge in [-0.2, -0.15) is 0 Å². The van der Waals surface area contributed by atoms with Gasteiger partial charge in [-0.3, -0.25) is 0 Å².